The largest absolute Gasteiger partial charge is 0.389 e. The third kappa shape index (κ3) is 12.2. The van der Waals surface area contributed by atoms with Crippen molar-refractivity contribution in [3.8, 4) is 0 Å². The molecule has 0 saturated carbocycles. The lowest BCUT2D eigenvalue weighted by atomic mass is 10.0. The van der Waals surface area contributed by atoms with Crippen LogP contribution in [0.2, 0.25) is 0 Å². The lowest BCUT2D eigenvalue weighted by Gasteiger charge is -2.19. The van der Waals surface area contributed by atoms with Gasteiger partial charge in [0.05, 0.1) is 6.10 Å². The van der Waals surface area contributed by atoms with Crippen LogP contribution in [0, 0.1) is 0 Å². The molecule has 0 unspecified atom stereocenters. The molecule has 0 heterocycles. The van der Waals surface area contributed by atoms with Crippen molar-refractivity contribution in [3.63, 3.8) is 0 Å². The average molecular weight is 315 g/mol. The second-order valence-corrected chi connectivity index (χ2v) is 6.18. The minimum absolute atomic E-state index is 0.0511. The maximum absolute atomic E-state index is 9.63. The van der Waals surface area contributed by atoms with Gasteiger partial charge in [0.2, 0.25) is 0 Å². The monoisotopic (exact) mass is 315 g/mol. The van der Waals surface area contributed by atoms with Crippen molar-refractivity contribution in [3.05, 3.63) is 12.2 Å². The van der Waals surface area contributed by atoms with Crippen LogP contribution < -0.4 is 5.73 Å². The normalized spacial score (nSPS) is 16.0. The minimum Gasteiger partial charge on any atom is -0.389 e. The Morgan fingerprint density at radius 1 is 0.818 bits per heavy atom. The van der Waals surface area contributed by atoms with Gasteiger partial charge in [-0.3, -0.25) is 0 Å². The Labute approximate surface area is 136 Å². The van der Waals surface area contributed by atoms with Gasteiger partial charge in [-0.15, -0.1) is 0 Å². The molecule has 0 radical (unpaired) electrons. The van der Waals surface area contributed by atoms with Crippen molar-refractivity contribution in [2.75, 3.05) is 6.54 Å². The number of rotatable bonds is 15. The summed E-state index contributed by atoms with van der Waals surface area (Å²) in [5.41, 5.74) is 5.23. The third-order valence-corrected chi connectivity index (χ3v) is 4.04. The van der Waals surface area contributed by atoms with Crippen molar-refractivity contribution in [2.45, 2.75) is 95.9 Å². The van der Waals surface area contributed by atoms with Gasteiger partial charge < -0.3 is 21.1 Å². The molecule has 5 N–H and O–H groups in total. The molecule has 0 saturated heterocycles. The molecule has 22 heavy (non-hydrogen) atoms. The van der Waals surface area contributed by atoms with Gasteiger partial charge in [0.15, 0.2) is 0 Å². The molecule has 0 fully saturated rings. The molecular formula is C18H37NO3. The highest BCUT2D eigenvalue weighted by Crippen LogP contribution is 2.11. The molecule has 4 nitrogen and oxygen atoms in total. The summed E-state index contributed by atoms with van der Waals surface area (Å²) in [5.74, 6) is 0. The van der Waals surface area contributed by atoms with Crippen molar-refractivity contribution >= 4 is 0 Å². The Morgan fingerprint density at radius 2 is 1.32 bits per heavy atom. The van der Waals surface area contributed by atoms with E-state index in [-0.39, 0.29) is 6.54 Å². The van der Waals surface area contributed by atoms with E-state index in [1.165, 1.54) is 57.8 Å². The number of aliphatic hydroxyl groups is 3. The van der Waals surface area contributed by atoms with Crippen LogP contribution >= 0.6 is 0 Å². The Kier molecular flexibility index (Phi) is 15.2. The number of hydrogen-bond donors (Lipinski definition) is 4. The molecule has 0 aromatic heterocycles. The second-order valence-electron chi connectivity index (χ2n) is 6.18. The highest BCUT2D eigenvalue weighted by atomic mass is 16.4. The van der Waals surface area contributed by atoms with Gasteiger partial charge in [-0.05, 0) is 12.8 Å². The molecule has 0 aliphatic heterocycles. The van der Waals surface area contributed by atoms with E-state index in [1.807, 2.05) is 6.08 Å². The predicted octanol–water partition coefficient (Wildman–Crippen LogP) is 2.89. The van der Waals surface area contributed by atoms with Crippen LogP contribution in [0.4, 0.5) is 0 Å². The van der Waals surface area contributed by atoms with E-state index in [9.17, 15) is 15.3 Å². The van der Waals surface area contributed by atoms with Gasteiger partial charge in [0, 0.05) is 6.54 Å². The molecule has 0 aliphatic carbocycles. The molecule has 0 aliphatic rings. The molecule has 0 spiro atoms. The molecule has 3 atom stereocenters. The standard InChI is InChI=1S/C18H37NO3/c1-2-3-4-5-6-7-8-9-10-11-12-13-14-16(20)18(22)17(21)15-19/h13-14,16-18,20-22H,2-12,15,19H2,1H3/b14-13+/t16-,17-,18-/m1/s1. The summed E-state index contributed by atoms with van der Waals surface area (Å²) in [7, 11) is 0. The fourth-order valence-corrected chi connectivity index (χ4v) is 2.47. The minimum atomic E-state index is -1.20. The number of allylic oxidation sites excluding steroid dienone is 1. The third-order valence-electron chi connectivity index (χ3n) is 4.04. The van der Waals surface area contributed by atoms with Gasteiger partial charge >= 0.3 is 0 Å². The lowest BCUT2D eigenvalue weighted by molar-refractivity contribution is -0.0367. The zero-order valence-electron chi connectivity index (χ0n) is 14.3. The number of hydrogen-bond acceptors (Lipinski definition) is 4. The summed E-state index contributed by atoms with van der Waals surface area (Å²) in [6.45, 7) is 2.19. The van der Waals surface area contributed by atoms with Crippen molar-refractivity contribution in [1.82, 2.24) is 0 Å². The molecule has 0 aromatic carbocycles. The summed E-state index contributed by atoms with van der Waals surface area (Å²) in [4.78, 5) is 0. The predicted molar refractivity (Wildman–Crippen MR) is 92.7 cm³/mol. The van der Waals surface area contributed by atoms with E-state index in [2.05, 4.69) is 6.92 Å². The van der Waals surface area contributed by atoms with Crippen LogP contribution in [0.5, 0.6) is 0 Å². The first-order chi connectivity index (χ1) is 10.6. The van der Waals surface area contributed by atoms with Crippen LogP contribution in [0.3, 0.4) is 0 Å². The fraction of sp³-hybridized carbons (Fsp3) is 0.889. The van der Waals surface area contributed by atoms with E-state index in [4.69, 9.17) is 5.73 Å². The van der Waals surface area contributed by atoms with Gasteiger partial charge in [0.1, 0.15) is 12.2 Å². The summed E-state index contributed by atoms with van der Waals surface area (Å²) >= 11 is 0. The van der Waals surface area contributed by atoms with Gasteiger partial charge in [-0.2, -0.15) is 0 Å². The first-order valence-corrected chi connectivity index (χ1v) is 9.04. The van der Waals surface area contributed by atoms with Gasteiger partial charge in [-0.1, -0.05) is 76.9 Å². The average Bonchev–Trinajstić information content (AvgIpc) is 2.54. The number of unbranched alkanes of at least 4 members (excludes halogenated alkanes) is 10. The van der Waals surface area contributed by atoms with Crippen LogP contribution in [0.1, 0.15) is 77.6 Å². The highest BCUT2D eigenvalue weighted by Gasteiger charge is 2.20. The Morgan fingerprint density at radius 3 is 1.82 bits per heavy atom. The van der Waals surface area contributed by atoms with Crippen molar-refractivity contribution in [1.29, 1.82) is 0 Å². The van der Waals surface area contributed by atoms with E-state index >= 15 is 0 Å². The number of nitrogens with two attached hydrogens (primary N) is 1. The van der Waals surface area contributed by atoms with Crippen LogP contribution in [0.25, 0.3) is 0 Å². The molecule has 0 bridgehead atoms. The molecular weight excluding hydrogens is 278 g/mol. The van der Waals surface area contributed by atoms with Crippen LogP contribution in [-0.4, -0.2) is 40.2 Å². The van der Waals surface area contributed by atoms with Crippen molar-refractivity contribution < 1.29 is 15.3 Å². The fourth-order valence-electron chi connectivity index (χ4n) is 2.47. The molecule has 0 aromatic rings. The zero-order chi connectivity index (χ0) is 16.6. The Balaban J connectivity index is 3.40. The van der Waals surface area contributed by atoms with Crippen molar-refractivity contribution in [2.24, 2.45) is 5.73 Å². The molecule has 132 valence electrons. The summed E-state index contributed by atoms with van der Waals surface area (Å²) < 4.78 is 0. The Hall–Kier alpha value is -0.420. The Bertz CT molecular complexity index is 259. The first-order valence-electron chi connectivity index (χ1n) is 9.04. The summed E-state index contributed by atoms with van der Waals surface area (Å²) in [6, 6.07) is 0. The van der Waals surface area contributed by atoms with Gasteiger partial charge in [-0.25, -0.2) is 0 Å². The molecule has 0 rings (SSSR count). The second kappa shape index (κ2) is 15.5. The number of aliphatic hydroxyl groups excluding tert-OH is 3. The van der Waals surface area contributed by atoms with Crippen LogP contribution in [-0.2, 0) is 0 Å². The van der Waals surface area contributed by atoms with Crippen LogP contribution in [0.15, 0.2) is 12.2 Å². The molecule has 4 heteroatoms. The van der Waals surface area contributed by atoms with E-state index in [0.717, 1.165) is 12.8 Å². The lowest BCUT2D eigenvalue weighted by Crippen LogP contribution is -2.40. The van der Waals surface area contributed by atoms with Gasteiger partial charge in [0.25, 0.3) is 0 Å². The zero-order valence-corrected chi connectivity index (χ0v) is 14.3. The smallest absolute Gasteiger partial charge is 0.111 e. The van der Waals surface area contributed by atoms with E-state index in [0.29, 0.717) is 0 Å². The quantitative estimate of drug-likeness (QED) is 0.276. The SMILES string of the molecule is CCCCCCCCCCCC/C=C/[C@@H](O)[C@@H](O)[C@H](O)CN. The van der Waals surface area contributed by atoms with E-state index < -0.39 is 18.3 Å². The molecule has 0 amide bonds. The maximum atomic E-state index is 9.63. The maximum Gasteiger partial charge on any atom is 0.111 e. The van der Waals surface area contributed by atoms with E-state index in [1.54, 1.807) is 6.08 Å². The summed E-state index contributed by atoms with van der Waals surface area (Å²) in [5, 5.41) is 28.5. The topological polar surface area (TPSA) is 86.7 Å². The highest BCUT2D eigenvalue weighted by molar-refractivity contribution is 4.94. The summed E-state index contributed by atoms with van der Waals surface area (Å²) in [6.07, 6.45) is 14.1. The first kappa shape index (κ1) is 21.6.